The van der Waals surface area contributed by atoms with Crippen LogP contribution in [-0.4, -0.2) is 30.9 Å². The lowest BCUT2D eigenvalue weighted by atomic mass is 10.2. The van der Waals surface area contributed by atoms with Crippen LogP contribution in [0, 0.1) is 0 Å². The Hall–Kier alpha value is -0.970. The lowest BCUT2D eigenvalue weighted by molar-refractivity contribution is -0.140. The van der Waals surface area contributed by atoms with Gasteiger partial charge in [0.2, 0.25) is 0 Å². The molecule has 1 rings (SSSR count). The fourth-order valence-corrected chi connectivity index (χ4v) is 1.70. The standard InChI is InChI=1S/C11H10Cl3NO3/c1-18-11(17)9(14)5-15-10(16)7-4-6(12)2-3-8(7)13/h2-4,9H,5H2,1H3,(H,15,16). The molecule has 7 heteroatoms. The van der Waals surface area contributed by atoms with E-state index in [1.807, 2.05) is 0 Å². The van der Waals surface area contributed by atoms with Gasteiger partial charge < -0.3 is 10.1 Å². The van der Waals surface area contributed by atoms with Crippen LogP contribution in [-0.2, 0) is 9.53 Å². The third kappa shape index (κ3) is 4.05. The molecule has 1 aromatic rings. The smallest absolute Gasteiger partial charge is 0.325 e. The van der Waals surface area contributed by atoms with Gasteiger partial charge in [-0.2, -0.15) is 0 Å². The summed E-state index contributed by atoms with van der Waals surface area (Å²) in [5, 5.41) is 2.17. The van der Waals surface area contributed by atoms with E-state index in [0.717, 1.165) is 0 Å². The largest absolute Gasteiger partial charge is 0.468 e. The van der Waals surface area contributed by atoms with Gasteiger partial charge in [0, 0.05) is 11.6 Å². The minimum atomic E-state index is -0.947. The van der Waals surface area contributed by atoms with Crippen molar-refractivity contribution in [3.05, 3.63) is 33.8 Å². The average Bonchev–Trinajstić information content (AvgIpc) is 2.37. The fraction of sp³-hybridized carbons (Fsp3) is 0.273. The summed E-state index contributed by atoms with van der Waals surface area (Å²) < 4.78 is 4.42. The molecule has 0 aromatic heterocycles. The minimum Gasteiger partial charge on any atom is -0.468 e. The summed E-state index contributed by atoms with van der Waals surface area (Å²) in [4.78, 5) is 22.8. The number of carbonyl (C=O) groups is 2. The van der Waals surface area contributed by atoms with Gasteiger partial charge in [-0.1, -0.05) is 23.2 Å². The van der Waals surface area contributed by atoms with Gasteiger partial charge in [-0.15, -0.1) is 11.6 Å². The van der Waals surface area contributed by atoms with Crippen molar-refractivity contribution >= 4 is 46.7 Å². The number of rotatable bonds is 4. The SMILES string of the molecule is COC(=O)C(Cl)CNC(=O)c1cc(Cl)ccc1Cl. The molecule has 0 spiro atoms. The molecule has 0 aliphatic heterocycles. The highest BCUT2D eigenvalue weighted by Gasteiger charge is 2.18. The van der Waals surface area contributed by atoms with Crippen LogP contribution in [0.4, 0.5) is 0 Å². The molecule has 1 unspecified atom stereocenters. The molecule has 0 saturated carbocycles. The van der Waals surface area contributed by atoms with Crippen LogP contribution in [0.15, 0.2) is 18.2 Å². The topological polar surface area (TPSA) is 55.4 Å². The zero-order chi connectivity index (χ0) is 13.7. The third-order valence-electron chi connectivity index (χ3n) is 2.07. The Kier molecular flexibility index (Phi) is 5.72. The first kappa shape index (κ1) is 15.1. The fourth-order valence-electron chi connectivity index (χ4n) is 1.16. The van der Waals surface area contributed by atoms with Crippen molar-refractivity contribution in [1.29, 1.82) is 0 Å². The van der Waals surface area contributed by atoms with Crippen molar-refractivity contribution < 1.29 is 14.3 Å². The van der Waals surface area contributed by atoms with E-state index in [0.29, 0.717) is 5.02 Å². The van der Waals surface area contributed by atoms with E-state index in [-0.39, 0.29) is 17.1 Å². The Balaban J connectivity index is 2.66. The molecule has 0 saturated heterocycles. The number of halogens is 3. The van der Waals surface area contributed by atoms with Crippen molar-refractivity contribution in [3.63, 3.8) is 0 Å². The molecular weight excluding hydrogens is 300 g/mol. The summed E-state index contributed by atoms with van der Waals surface area (Å²) in [6, 6.07) is 4.51. The second-order valence-corrected chi connectivity index (χ2v) is 4.70. The van der Waals surface area contributed by atoms with Gasteiger partial charge in [0.1, 0.15) is 5.38 Å². The van der Waals surface area contributed by atoms with E-state index >= 15 is 0 Å². The molecule has 18 heavy (non-hydrogen) atoms. The van der Waals surface area contributed by atoms with Crippen molar-refractivity contribution in [2.75, 3.05) is 13.7 Å². The van der Waals surface area contributed by atoms with Crippen molar-refractivity contribution in [2.24, 2.45) is 0 Å². The van der Waals surface area contributed by atoms with Crippen LogP contribution in [0.5, 0.6) is 0 Å². The van der Waals surface area contributed by atoms with Gasteiger partial charge >= 0.3 is 5.97 Å². The van der Waals surface area contributed by atoms with Gasteiger partial charge in [0.05, 0.1) is 17.7 Å². The predicted molar refractivity (Wildman–Crippen MR) is 70.5 cm³/mol. The van der Waals surface area contributed by atoms with Gasteiger partial charge in [0.15, 0.2) is 0 Å². The summed E-state index contributed by atoms with van der Waals surface area (Å²) in [7, 11) is 1.22. The maximum absolute atomic E-state index is 11.8. The number of amides is 1. The molecule has 1 amide bonds. The lowest BCUT2D eigenvalue weighted by Crippen LogP contribution is -2.34. The van der Waals surface area contributed by atoms with E-state index in [9.17, 15) is 9.59 Å². The first-order chi connectivity index (χ1) is 8.45. The molecule has 0 heterocycles. The predicted octanol–water partition coefficient (Wildman–Crippen LogP) is 2.50. The summed E-state index contributed by atoms with van der Waals surface area (Å²) in [5.74, 6) is -1.08. The zero-order valence-electron chi connectivity index (χ0n) is 9.38. The number of methoxy groups -OCH3 is 1. The molecule has 0 fully saturated rings. The molecule has 4 nitrogen and oxygen atoms in total. The molecule has 0 aliphatic rings. The minimum absolute atomic E-state index is 0.0596. The van der Waals surface area contributed by atoms with E-state index < -0.39 is 17.3 Å². The van der Waals surface area contributed by atoms with Gasteiger partial charge in [0.25, 0.3) is 5.91 Å². The second kappa shape index (κ2) is 6.83. The first-order valence-electron chi connectivity index (χ1n) is 4.91. The number of benzene rings is 1. The van der Waals surface area contributed by atoms with Crippen molar-refractivity contribution in [3.8, 4) is 0 Å². The highest BCUT2D eigenvalue weighted by atomic mass is 35.5. The van der Waals surface area contributed by atoms with Crippen molar-refractivity contribution in [1.82, 2.24) is 5.32 Å². The number of esters is 1. The summed E-state index contributed by atoms with van der Waals surface area (Å²) in [5.41, 5.74) is 0.220. The molecule has 0 radical (unpaired) electrons. The first-order valence-corrected chi connectivity index (χ1v) is 6.10. The number of hydrogen-bond donors (Lipinski definition) is 1. The number of hydrogen-bond acceptors (Lipinski definition) is 3. The zero-order valence-corrected chi connectivity index (χ0v) is 11.6. The van der Waals surface area contributed by atoms with Crippen LogP contribution in [0.3, 0.4) is 0 Å². The molecule has 98 valence electrons. The van der Waals surface area contributed by atoms with Crippen LogP contribution in [0.25, 0.3) is 0 Å². The van der Waals surface area contributed by atoms with Crippen LogP contribution in [0.1, 0.15) is 10.4 Å². The molecule has 0 aliphatic carbocycles. The van der Waals surface area contributed by atoms with E-state index in [2.05, 4.69) is 10.1 Å². The lowest BCUT2D eigenvalue weighted by Gasteiger charge is -2.10. The van der Waals surface area contributed by atoms with Gasteiger partial charge in [-0.25, -0.2) is 0 Å². The Labute approximate surface area is 119 Å². The van der Waals surface area contributed by atoms with E-state index in [1.54, 1.807) is 6.07 Å². The maximum Gasteiger partial charge on any atom is 0.325 e. The quantitative estimate of drug-likeness (QED) is 0.687. The van der Waals surface area contributed by atoms with E-state index in [1.165, 1.54) is 19.2 Å². The van der Waals surface area contributed by atoms with Gasteiger partial charge in [-0.3, -0.25) is 9.59 Å². The average molecular weight is 311 g/mol. The Morgan fingerprint density at radius 1 is 1.39 bits per heavy atom. The van der Waals surface area contributed by atoms with Crippen LogP contribution in [0.2, 0.25) is 10.0 Å². The van der Waals surface area contributed by atoms with Crippen molar-refractivity contribution in [2.45, 2.75) is 5.38 Å². The molecule has 0 bridgehead atoms. The van der Waals surface area contributed by atoms with Gasteiger partial charge in [-0.05, 0) is 18.2 Å². The van der Waals surface area contributed by atoms with Crippen LogP contribution >= 0.6 is 34.8 Å². The van der Waals surface area contributed by atoms with E-state index in [4.69, 9.17) is 34.8 Å². The Morgan fingerprint density at radius 3 is 2.67 bits per heavy atom. The third-order valence-corrected chi connectivity index (χ3v) is 2.97. The Morgan fingerprint density at radius 2 is 2.06 bits per heavy atom. The Bertz CT molecular complexity index is 465. The highest BCUT2D eigenvalue weighted by molar-refractivity contribution is 6.35. The highest BCUT2D eigenvalue weighted by Crippen LogP contribution is 2.20. The summed E-state index contributed by atoms with van der Waals surface area (Å²) in [6.07, 6.45) is 0. The maximum atomic E-state index is 11.8. The number of nitrogens with one attached hydrogen (secondary N) is 1. The summed E-state index contributed by atoms with van der Waals surface area (Å²) >= 11 is 17.3. The summed E-state index contributed by atoms with van der Waals surface area (Å²) in [6.45, 7) is -0.0596. The molecule has 1 atom stereocenters. The second-order valence-electron chi connectivity index (χ2n) is 3.32. The normalized spacial score (nSPS) is 11.8. The monoisotopic (exact) mass is 309 g/mol. The number of alkyl halides is 1. The molecule has 1 aromatic carbocycles. The van der Waals surface area contributed by atoms with Crippen LogP contribution < -0.4 is 5.32 Å². The molecule has 1 N–H and O–H groups in total. The number of carbonyl (C=O) groups excluding carboxylic acids is 2. The number of ether oxygens (including phenoxy) is 1. The molecular formula is C11H10Cl3NO3.